The highest BCUT2D eigenvalue weighted by Gasteiger charge is 2.25. The van der Waals surface area contributed by atoms with Crippen molar-refractivity contribution >= 4 is 23.4 Å². The summed E-state index contributed by atoms with van der Waals surface area (Å²) in [5.41, 5.74) is 1.53. The molecule has 0 bridgehead atoms. The lowest BCUT2D eigenvalue weighted by Gasteiger charge is -2.27. The molecule has 0 saturated heterocycles. The second-order valence-corrected chi connectivity index (χ2v) is 9.26. The summed E-state index contributed by atoms with van der Waals surface area (Å²) in [7, 11) is 1.64. The molecule has 3 aromatic rings. The van der Waals surface area contributed by atoms with Crippen LogP contribution in [0.2, 0.25) is 0 Å². The van der Waals surface area contributed by atoms with Crippen LogP contribution in [0.15, 0.2) is 49.1 Å². The van der Waals surface area contributed by atoms with E-state index in [0.29, 0.717) is 48.9 Å². The second-order valence-electron chi connectivity index (χ2n) is 9.26. The zero-order valence-corrected chi connectivity index (χ0v) is 21.2. The summed E-state index contributed by atoms with van der Waals surface area (Å²) in [6.45, 7) is 8.59. The third-order valence-corrected chi connectivity index (χ3v) is 6.54. The molecular weight excluding hydrogens is 468 g/mol. The van der Waals surface area contributed by atoms with E-state index in [9.17, 15) is 4.79 Å². The van der Waals surface area contributed by atoms with Gasteiger partial charge in [0, 0.05) is 38.7 Å². The van der Waals surface area contributed by atoms with E-state index in [2.05, 4.69) is 35.7 Å². The Kier molecular flexibility index (Phi) is 9.43. The highest BCUT2D eigenvalue weighted by molar-refractivity contribution is 5.84. The number of amides is 1. The van der Waals surface area contributed by atoms with E-state index in [1.54, 1.807) is 36.3 Å². The van der Waals surface area contributed by atoms with Gasteiger partial charge in [-0.25, -0.2) is 9.83 Å². The monoisotopic (exact) mass is 502 g/mol. The minimum absolute atomic E-state index is 0.0727. The molecular formula is C27H34N8O2. The largest absolute Gasteiger partial charge is 0.383 e. The van der Waals surface area contributed by atoms with Crippen molar-refractivity contribution in [2.45, 2.75) is 51.1 Å². The Hall–Kier alpha value is -3.97. The van der Waals surface area contributed by atoms with Gasteiger partial charge in [-0.3, -0.25) is 9.36 Å². The maximum absolute atomic E-state index is 13.4. The quantitative estimate of drug-likeness (QED) is 0.250. The Morgan fingerprint density at radius 2 is 2.03 bits per heavy atom. The van der Waals surface area contributed by atoms with Crippen molar-refractivity contribution in [2.24, 2.45) is 5.92 Å². The number of anilines is 2. The highest BCUT2D eigenvalue weighted by Crippen LogP contribution is 2.28. The van der Waals surface area contributed by atoms with Crippen molar-refractivity contribution in [3.63, 3.8) is 0 Å². The predicted octanol–water partition coefficient (Wildman–Crippen LogP) is 4.34. The van der Waals surface area contributed by atoms with Crippen molar-refractivity contribution in [3.8, 4) is 5.82 Å². The number of nitrogens with zero attached hydrogens (tertiary/aromatic N) is 5. The van der Waals surface area contributed by atoms with Gasteiger partial charge in [0.15, 0.2) is 5.69 Å². The van der Waals surface area contributed by atoms with E-state index in [4.69, 9.17) is 11.3 Å². The SMILES string of the molecule is [C-]#[N+]c1ccc(CNC(=O)[C@@H](CC2CCCCC2)Nc2cc(-n3ccnc3)nc(NCCOC)n2)cc1. The summed E-state index contributed by atoms with van der Waals surface area (Å²) < 4.78 is 6.94. The fraction of sp³-hybridized carbons (Fsp3) is 0.444. The fourth-order valence-electron chi connectivity index (χ4n) is 4.55. The standard InChI is InChI=1S/C27H34N8O2/c1-28-22-10-8-21(9-11-22)18-31-26(36)23(16-20-6-4-3-5-7-20)32-24-17-25(35-14-12-29-19-35)34-27(33-24)30-13-15-37-2/h8-12,14,17,19-20,23H,3-7,13,15-16,18H2,2H3,(H,31,36)(H2,30,32,33,34)/t23-/m1/s1. The summed E-state index contributed by atoms with van der Waals surface area (Å²) in [5, 5.41) is 9.67. The van der Waals surface area contributed by atoms with Crippen molar-refractivity contribution in [1.82, 2.24) is 24.8 Å². The molecule has 10 heteroatoms. The van der Waals surface area contributed by atoms with Gasteiger partial charge >= 0.3 is 0 Å². The molecule has 0 unspecified atom stereocenters. The van der Waals surface area contributed by atoms with E-state index in [1.807, 2.05) is 24.4 Å². The fourth-order valence-corrected chi connectivity index (χ4v) is 4.55. The Bertz CT molecular complexity index is 1170. The number of imidazole rings is 1. The lowest BCUT2D eigenvalue weighted by atomic mass is 9.84. The summed E-state index contributed by atoms with van der Waals surface area (Å²) in [5.74, 6) is 2.07. The zero-order chi connectivity index (χ0) is 25.9. The Morgan fingerprint density at radius 3 is 2.73 bits per heavy atom. The van der Waals surface area contributed by atoms with Crippen LogP contribution >= 0.6 is 0 Å². The molecule has 1 amide bonds. The van der Waals surface area contributed by atoms with Crippen LogP contribution in [0.25, 0.3) is 10.7 Å². The van der Waals surface area contributed by atoms with Gasteiger partial charge in [-0.05, 0) is 17.9 Å². The van der Waals surface area contributed by atoms with Crippen molar-refractivity contribution in [2.75, 3.05) is 30.9 Å². The Labute approximate surface area is 217 Å². The van der Waals surface area contributed by atoms with Gasteiger partial charge in [-0.1, -0.05) is 56.4 Å². The van der Waals surface area contributed by atoms with Crippen LogP contribution in [0, 0.1) is 12.5 Å². The third kappa shape index (κ3) is 7.75. The van der Waals surface area contributed by atoms with E-state index in [-0.39, 0.29) is 5.91 Å². The number of aromatic nitrogens is 4. The molecule has 37 heavy (non-hydrogen) atoms. The molecule has 3 N–H and O–H groups in total. The van der Waals surface area contributed by atoms with Crippen LogP contribution in [-0.2, 0) is 16.1 Å². The lowest BCUT2D eigenvalue weighted by molar-refractivity contribution is -0.122. The van der Waals surface area contributed by atoms with Gasteiger partial charge in [0.1, 0.15) is 24.0 Å². The van der Waals surface area contributed by atoms with Crippen LogP contribution in [0.3, 0.4) is 0 Å². The van der Waals surface area contributed by atoms with Gasteiger partial charge < -0.3 is 20.7 Å². The number of methoxy groups -OCH3 is 1. The molecule has 1 atom stereocenters. The number of hydrogen-bond donors (Lipinski definition) is 3. The van der Waals surface area contributed by atoms with Crippen LogP contribution in [0.5, 0.6) is 0 Å². The van der Waals surface area contributed by atoms with E-state index < -0.39 is 6.04 Å². The normalized spacial score (nSPS) is 14.5. The van der Waals surface area contributed by atoms with Gasteiger partial charge in [0.2, 0.25) is 11.9 Å². The number of hydrogen-bond acceptors (Lipinski definition) is 7. The minimum Gasteiger partial charge on any atom is -0.383 e. The molecule has 1 aliphatic carbocycles. The molecule has 1 saturated carbocycles. The third-order valence-electron chi connectivity index (χ3n) is 6.54. The number of rotatable bonds is 12. The topological polar surface area (TPSA) is 110 Å². The molecule has 1 aliphatic rings. The lowest BCUT2D eigenvalue weighted by Crippen LogP contribution is -2.41. The number of benzene rings is 1. The maximum atomic E-state index is 13.4. The van der Waals surface area contributed by atoms with E-state index in [0.717, 1.165) is 24.8 Å². The summed E-state index contributed by atoms with van der Waals surface area (Å²) >= 11 is 0. The molecule has 1 fully saturated rings. The van der Waals surface area contributed by atoms with Gasteiger partial charge in [-0.15, -0.1) is 0 Å². The van der Waals surface area contributed by atoms with Crippen molar-refractivity contribution in [1.29, 1.82) is 0 Å². The molecule has 0 aliphatic heterocycles. The van der Waals surface area contributed by atoms with Crippen molar-refractivity contribution < 1.29 is 9.53 Å². The van der Waals surface area contributed by atoms with Crippen LogP contribution < -0.4 is 16.0 Å². The summed E-state index contributed by atoms with van der Waals surface area (Å²) in [6, 6.07) is 8.66. The Morgan fingerprint density at radius 1 is 1.22 bits per heavy atom. The van der Waals surface area contributed by atoms with E-state index >= 15 is 0 Å². The molecule has 2 aromatic heterocycles. The predicted molar refractivity (Wildman–Crippen MR) is 143 cm³/mol. The first-order valence-corrected chi connectivity index (χ1v) is 12.8. The highest BCUT2D eigenvalue weighted by atomic mass is 16.5. The van der Waals surface area contributed by atoms with Crippen molar-refractivity contribution in [3.05, 3.63) is 66.0 Å². The maximum Gasteiger partial charge on any atom is 0.242 e. The molecule has 0 spiro atoms. The number of carbonyl (C=O) groups is 1. The molecule has 194 valence electrons. The average molecular weight is 503 g/mol. The summed E-state index contributed by atoms with van der Waals surface area (Å²) in [6.07, 6.45) is 11.9. The summed E-state index contributed by atoms with van der Waals surface area (Å²) in [4.78, 5) is 30.2. The van der Waals surface area contributed by atoms with Crippen LogP contribution in [-0.4, -0.2) is 51.7 Å². The van der Waals surface area contributed by atoms with Crippen LogP contribution in [0.4, 0.5) is 17.5 Å². The van der Waals surface area contributed by atoms with Crippen LogP contribution in [0.1, 0.15) is 44.1 Å². The smallest absolute Gasteiger partial charge is 0.242 e. The second kappa shape index (κ2) is 13.4. The van der Waals surface area contributed by atoms with Gasteiger partial charge in [0.05, 0.1) is 13.2 Å². The Balaban J connectivity index is 1.52. The zero-order valence-electron chi connectivity index (χ0n) is 21.2. The van der Waals surface area contributed by atoms with E-state index in [1.165, 1.54) is 19.3 Å². The van der Waals surface area contributed by atoms with Gasteiger partial charge in [-0.2, -0.15) is 9.97 Å². The van der Waals surface area contributed by atoms with Gasteiger partial charge in [0.25, 0.3) is 0 Å². The number of carbonyl (C=O) groups excluding carboxylic acids is 1. The molecule has 0 radical (unpaired) electrons. The molecule has 1 aromatic carbocycles. The number of ether oxygens (including phenoxy) is 1. The minimum atomic E-state index is -0.442. The average Bonchev–Trinajstić information content (AvgIpc) is 3.48. The molecule has 10 nitrogen and oxygen atoms in total. The first-order valence-electron chi connectivity index (χ1n) is 12.8. The molecule has 2 heterocycles. The number of nitrogens with one attached hydrogen (secondary N) is 3. The molecule has 4 rings (SSSR count). The first-order chi connectivity index (χ1) is 18.1. The first kappa shape index (κ1) is 26.1.